The van der Waals surface area contributed by atoms with Gasteiger partial charge in [0.15, 0.2) is 0 Å². The van der Waals surface area contributed by atoms with Gasteiger partial charge >= 0.3 is 0 Å². The Kier molecular flexibility index (Phi) is 3.29. The monoisotopic (exact) mass is 294 g/mol. The molecule has 3 rings (SSSR count). The van der Waals surface area contributed by atoms with Gasteiger partial charge in [0.1, 0.15) is 0 Å². The van der Waals surface area contributed by atoms with Crippen LogP contribution in [-0.2, 0) is 16.4 Å². The molecule has 1 heterocycles. The third-order valence-electron chi connectivity index (χ3n) is 4.39. The second-order valence-corrected chi connectivity index (χ2v) is 8.43. The van der Waals surface area contributed by atoms with Crippen LogP contribution in [0, 0.1) is 5.41 Å². The van der Waals surface area contributed by atoms with Gasteiger partial charge in [-0.3, -0.25) is 0 Å². The Labute approximate surface area is 121 Å². The van der Waals surface area contributed by atoms with E-state index in [-0.39, 0.29) is 11.5 Å². The van der Waals surface area contributed by atoms with Crippen LogP contribution in [0.1, 0.15) is 38.7 Å². The molecule has 1 aromatic rings. The molecule has 2 N–H and O–H groups in total. The van der Waals surface area contributed by atoms with Crippen molar-refractivity contribution in [1.29, 1.82) is 0 Å². The molecule has 1 aliphatic heterocycles. The molecule has 1 atom stereocenters. The lowest BCUT2D eigenvalue weighted by atomic mass is 9.92. The van der Waals surface area contributed by atoms with Crippen LogP contribution in [-0.4, -0.2) is 21.0 Å². The highest BCUT2D eigenvalue weighted by Crippen LogP contribution is 2.37. The minimum Gasteiger partial charge on any atom is -0.384 e. The van der Waals surface area contributed by atoms with Crippen molar-refractivity contribution < 1.29 is 8.42 Å². The fourth-order valence-electron chi connectivity index (χ4n) is 3.26. The van der Waals surface area contributed by atoms with E-state index in [2.05, 4.69) is 23.9 Å². The Morgan fingerprint density at radius 3 is 2.85 bits per heavy atom. The first-order chi connectivity index (χ1) is 9.36. The highest BCUT2D eigenvalue weighted by Gasteiger charge is 2.33. The van der Waals surface area contributed by atoms with Gasteiger partial charge in [-0.15, -0.1) is 0 Å². The molecular weight excluding hydrogens is 272 g/mol. The first-order valence-electron chi connectivity index (χ1n) is 7.25. The number of anilines is 1. The van der Waals surface area contributed by atoms with Gasteiger partial charge < -0.3 is 5.32 Å². The Morgan fingerprint density at radius 2 is 2.15 bits per heavy atom. The summed E-state index contributed by atoms with van der Waals surface area (Å²) in [6, 6.07) is 5.46. The predicted molar refractivity (Wildman–Crippen MR) is 80.4 cm³/mol. The lowest BCUT2D eigenvalue weighted by molar-refractivity contribution is 0.372. The molecule has 1 aliphatic carbocycles. The number of hydrogen-bond donors (Lipinski definition) is 2. The van der Waals surface area contributed by atoms with Crippen LogP contribution < -0.4 is 10.0 Å². The molecule has 0 saturated heterocycles. The molecule has 0 amide bonds. The van der Waals surface area contributed by atoms with E-state index in [1.807, 2.05) is 6.07 Å². The number of sulfonamides is 1. The van der Waals surface area contributed by atoms with Crippen molar-refractivity contribution >= 4 is 15.7 Å². The van der Waals surface area contributed by atoms with E-state index >= 15 is 0 Å². The second kappa shape index (κ2) is 4.74. The molecule has 1 saturated carbocycles. The number of nitrogens with one attached hydrogen (secondary N) is 2. The van der Waals surface area contributed by atoms with Gasteiger partial charge in [-0.1, -0.05) is 19.9 Å². The van der Waals surface area contributed by atoms with Crippen LogP contribution >= 0.6 is 0 Å². The zero-order chi connectivity index (χ0) is 14.4. The van der Waals surface area contributed by atoms with Gasteiger partial charge in [-0.05, 0) is 48.8 Å². The third-order valence-corrected chi connectivity index (χ3v) is 5.91. The highest BCUT2D eigenvalue weighted by molar-refractivity contribution is 7.89. The predicted octanol–water partition coefficient (Wildman–Crippen LogP) is 2.51. The Balaban J connectivity index is 1.79. The minimum absolute atomic E-state index is 0.0659. The van der Waals surface area contributed by atoms with Crippen molar-refractivity contribution in [2.45, 2.75) is 50.5 Å². The van der Waals surface area contributed by atoms with E-state index in [0.29, 0.717) is 4.90 Å². The summed E-state index contributed by atoms with van der Waals surface area (Å²) < 4.78 is 27.8. The second-order valence-electron chi connectivity index (χ2n) is 6.72. The van der Waals surface area contributed by atoms with Crippen LogP contribution in [0.15, 0.2) is 23.1 Å². The molecule has 0 spiro atoms. The normalized spacial score (nSPS) is 24.4. The molecule has 1 fully saturated rings. The van der Waals surface area contributed by atoms with Crippen molar-refractivity contribution in [3.05, 3.63) is 23.8 Å². The summed E-state index contributed by atoms with van der Waals surface area (Å²) in [4.78, 5) is 0.371. The largest absolute Gasteiger partial charge is 0.384 e. The van der Waals surface area contributed by atoms with Gasteiger partial charge in [0, 0.05) is 18.3 Å². The number of hydrogen-bond acceptors (Lipinski definition) is 3. The lowest BCUT2D eigenvalue weighted by Crippen LogP contribution is -2.33. The van der Waals surface area contributed by atoms with Crippen molar-refractivity contribution in [3.8, 4) is 0 Å². The maximum Gasteiger partial charge on any atom is 0.240 e. The summed E-state index contributed by atoms with van der Waals surface area (Å²) in [6.07, 6.45) is 3.89. The summed E-state index contributed by atoms with van der Waals surface area (Å²) >= 11 is 0. The fourth-order valence-corrected chi connectivity index (χ4v) is 4.56. The number of rotatable bonds is 3. The first kappa shape index (κ1) is 13.9. The summed E-state index contributed by atoms with van der Waals surface area (Å²) in [5.41, 5.74) is 2.40. The van der Waals surface area contributed by atoms with Crippen molar-refractivity contribution in [3.63, 3.8) is 0 Å². The maximum atomic E-state index is 12.5. The summed E-state index contributed by atoms with van der Waals surface area (Å²) in [6.45, 7) is 5.28. The summed E-state index contributed by atoms with van der Waals surface area (Å²) in [5, 5.41) is 3.23. The van der Waals surface area contributed by atoms with Gasteiger partial charge in [-0.2, -0.15) is 0 Å². The summed E-state index contributed by atoms with van der Waals surface area (Å²) in [7, 11) is -3.41. The molecule has 0 radical (unpaired) electrons. The Morgan fingerprint density at radius 1 is 1.35 bits per heavy atom. The first-order valence-corrected chi connectivity index (χ1v) is 8.73. The van der Waals surface area contributed by atoms with E-state index in [1.165, 1.54) is 5.56 Å². The minimum atomic E-state index is -3.41. The lowest BCUT2D eigenvalue weighted by Gasteiger charge is -2.18. The molecule has 5 heteroatoms. The van der Waals surface area contributed by atoms with Crippen LogP contribution in [0.4, 0.5) is 5.69 Å². The van der Waals surface area contributed by atoms with Crippen molar-refractivity contribution in [1.82, 2.24) is 4.72 Å². The van der Waals surface area contributed by atoms with Crippen LogP contribution in [0.25, 0.3) is 0 Å². The van der Waals surface area contributed by atoms with Crippen LogP contribution in [0.3, 0.4) is 0 Å². The van der Waals surface area contributed by atoms with E-state index in [1.54, 1.807) is 12.1 Å². The highest BCUT2D eigenvalue weighted by atomic mass is 32.2. The smallest absolute Gasteiger partial charge is 0.240 e. The molecule has 110 valence electrons. The molecule has 0 bridgehead atoms. The van der Waals surface area contributed by atoms with Crippen LogP contribution in [0.2, 0.25) is 0 Å². The Bertz CT molecular complexity index is 623. The van der Waals surface area contributed by atoms with Gasteiger partial charge in [0.25, 0.3) is 0 Å². The van der Waals surface area contributed by atoms with Gasteiger partial charge in [0.05, 0.1) is 4.90 Å². The number of benzene rings is 1. The molecule has 2 aliphatic rings. The fraction of sp³-hybridized carbons (Fsp3) is 0.600. The average Bonchev–Trinajstić information content (AvgIpc) is 2.94. The van der Waals surface area contributed by atoms with E-state index < -0.39 is 10.0 Å². The zero-order valence-corrected chi connectivity index (χ0v) is 12.9. The topological polar surface area (TPSA) is 58.2 Å². The third kappa shape index (κ3) is 2.69. The van der Waals surface area contributed by atoms with E-state index in [9.17, 15) is 8.42 Å². The standard InChI is InChI=1S/C15H22N2O2S/c1-15(2)7-5-12(10-15)17-20(18,19)13-4-3-11-6-8-16-14(11)9-13/h3-4,9,12,16-17H,5-8,10H2,1-2H3. The quantitative estimate of drug-likeness (QED) is 0.900. The maximum absolute atomic E-state index is 12.5. The van der Waals surface area contributed by atoms with E-state index in [4.69, 9.17) is 0 Å². The van der Waals surface area contributed by atoms with E-state index in [0.717, 1.165) is 37.9 Å². The number of fused-ring (bicyclic) bond motifs is 1. The molecule has 1 aromatic carbocycles. The molecule has 0 aromatic heterocycles. The summed E-state index contributed by atoms with van der Waals surface area (Å²) in [5.74, 6) is 0. The average molecular weight is 294 g/mol. The van der Waals surface area contributed by atoms with Crippen molar-refractivity contribution in [2.24, 2.45) is 5.41 Å². The Hall–Kier alpha value is -1.07. The van der Waals surface area contributed by atoms with Gasteiger partial charge in [-0.25, -0.2) is 13.1 Å². The van der Waals surface area contributed by atoms with Crippen molar-refractivity contribution in [2.75, 3.05) is 11.9 Å². The zero-order valence-electron chi connectivity index (χ0n) is 12.1. The molecule has 4 nitrogen and oxygen atoms in total. The van der Waals surface area contributed by atoms with Gasteiger partial charge in [0.2, 0.25) is 10.0 Å². The molecule has 20 heavy (non-hydrogen) atoms. The molecular formula is C15H22N2O2S. The molecule has 1 unspecified atom stereocenters. The SMILES string of the molecule is CC1(C)CCC(NS(=O)(=O)c2ccc3c(c2)NCC3)C1. The van der Waals surface area contributed by atoms with Crippen LogP contribution in [0.5, 0.6) is 0 Å².